The molecule has 1 aromatic rings. The molecule has 3 saturated carbocycles. The number of hydrogen-bond donors (Lipinski definition) is 3. The summed E-state index contributed by atoms with van der Waals surface area (Å²) >= 11 is 0. The van der Waals surface area contributed by atoms with Gasteiger partial charge in [0, 0.05) is 31.4 Å². The molecule has 278 valence electrons. The van der Waals surface area contributed by atoms with Gasteiger partial charge in [-0.25, -0.2) is 9.59 Å². The van der Waals surface area contributed by atoms with Gasteiger partial charge in [0.2, 0.25) is 0 Å². The number of allylic oxidation sites excluding steroid dienone is 1. The first-order valence-corrected chi connectivity index (χ1v) is 17.8. The van der Waals surface area contributed by atoms with Crippen molar-refractivity contribution in [2.45, 2.75) is 122 Å². The summed E-state index contributed by atoms with van der Waals surface area (Å²) < 4.78 is 22.4. The molecule has 0 heterocycles. The predicted molar refractivity (Wildman–Crippen MR) is 187 cm³/mol. The number of fused-ring (bicyclic) bond motifs is 5. The number of methoxy groups -OCH3 is 1. The second-order valence-electron chi connectivity index (χ2n) is 15.7. The first-order chi connectivity index (χ1) is 23.8. The molecule has 0 saturated heterocycles. The highest BCUT2D eigenvalue weighted by molar-refractivity contribution is 5.88. The molecule has 0 bridgehead atoms. The average Bonchev–Trinajstić information content (AvgIpc) is 3.29. The summed E-state index contributed by atoms with van der Waals surface area (Å²) in [6.07, 6.45) is 6.17. The molecule has 0 unspecified atom stereocenters. The fourth-order valence-corrected chi connectivity index (χ4v) is 9.38. The maximum Gasteiger partial charge on any atom is 0.331 e. The molecule has 11 nitrogen and oxygen atoms in total. The van der Waals surface area contributed by atoms with Gasteiger partial charge in [-0.15, -0.1) is 0 Å². The van der Waals surface area contributed by atoms with Crippen molar-refractivity contribution in [3.8, 4) is 11.5 Å². The van der Waals surface area contributed by atoms with Crippen LogP contribution in [0.25, 0.3) is 6.08 Å². The molecule has 51 heavy (non-hydrogen) atoms. The van der Waals surface area contributed by atoms with Crippen molar-refractivity contribution >= 4 is 29.8 Å². The molecule has 3 N–H and O–H groups in total. The number of ether oxygens (including phenoxy) is 4. The van der Waals surface area contributed by atoms with Gasteiger partial charge in [0.1, 0.15) is 29.0 Å². The molecule has 4 aliphatic carbocycles. The normalized spacial score (nSPS) is 36.0. The van der Waals surface area contributed by atoms with Gasteiger partial charge in [-0.2, -0.15) is 0 Å². The van der Waals surface area contributed by atoms with E-state index in [-0.39, 0.29) is 37.4 Å². The Labute approximate surface area is 299 Å². The van der Waals surface area contributed by atoms with Gasteiger partial charge in [0.05, 0.1) is 12.5 Å². The lowest BCUT2D eigenvalue weighted by atomic mass is 9.42. The average molecular weight is 709 g/mol. The standard InChI is InChI=1S/C40H52O11/c1-23(2)24(3)19-35(44)51-33-22-32-36(6)15-14-29(50-34(43)12-10-27-9-11-30(49-26(5)42)31(20-27)48-8)21-28(36)13-16-39(32,46)40(47)18-17-38(45,25(4)41)37(33,40)7/h9-13,19-20,23,29,32-33,45-47H,14-18,21-22H2,1-8H3/b12-10+,24-19+/t29-,32+,33+,36-,37+,38+,39-,40+/m0/s1. The largest absolute Gasteiger partial charge is 0.493 e. The summed E-state index contributed by atoms with van der Waals surface area (Å²) in [5.41, 5.74) is -5.63. The number of carbonyl (C=O) groups excluding carboxylic acids is 4. The van der Waals surface area contributed by atoms with E-state index in [0.717, 1.165) is 11.1 Å². The topological polar surface area (TPSA) is 166 Å². The van der Waals surface area contributed by atoms with Gasteiger partial charge in [0.15, 0.2) is 17.3 Å². The Bertz CT molecular complexity index is 1690. The summed E-state index contributed by atoms with van der Waals surface area (Å²) in [6, 6.07) is 4.90. The minimum absolute atomic E-state index is 0.0499. The Hall–Kier alpha value is -3.80. The van der Waals surface area contributed by atoms with Crippen molar-refractivity contribution in [3.63, 3.8) is 0 Å². The van der Waals surface area contributed by atoms with Crippen LogP contribution in [0.15, 0.2) is 47.6 Å². The molecule has 4 aliphatic rings. The second kappa shape index (κ2) is 13.6. The summed E-state index contributed by atoms with van der Waals surface area (Å²) in [5.74, 6) is -2.08. The molecule has 0 radical (unpaired) electrons. The van der Waals surface area contributed by atoms with Crippen LogP contribution >= 0.6 is 0 Å². The highest BCUT2D eigenvalue weighted by atomic mass is 16.6. The van der Waals surface area contributed by atoms with Crippen LogP contribution in [0.5, 0.6) is 11.5 Å². The summed E-state index contributed by atoms with van der Waals surface area (Å²) in [6.45, 7) is 11.9. The van der Waals surface area contributed by atoms with E-state index >= 15 is 0 Å². The van der Waals surface area contributed by atoms with E-state index in [0.29, 0.717) is 30.6 Å². The van der Waals surface area contributed by atoms with Crippen LogP contribution in [-0.2, 0) is 28.7 Å². The van der Waals surface area contributed by atoms with Crippen LogP contribution in [0.4, 0.5) is 0 Å². The zero-order valence-electron chi connectivity index (χ0n) is 30.9. The third-order valence-electron chi connectivity index (χ3n) is 12.8. The van der Waals surface area contributed by atoms with Crippen molar-refractivity contribution in [1.82, 2.24) is 0 Å². The third kappa shape index (κ3) is 6.25. The number of rotatable bonds is 9. The van der Waals surface area contributed by atoms with E-state index in [4.69, 9.17) is 18.9 Å². The lowest BCUT2D eigenvalue weighted by Crippen LogP contribution is -2.78. The molecule has 11 heteroatoms. The maximum atomic E-state index is 13.3. The first-order valence-electron chi connectivity index (χ1n) is 17.8. The number of hydrogen-bond acceptors (Lipinski definition) is 11. The van der Waals surface area contributed by atoms with Crippen LogP contribution in [0.2, 0.25) is 0 Å². The lowest BCUT2D eigenvalue weighted by molar-refractivity contribution is -0.314. The molecule has 1 aromatic carbocycles. The van der Waals surface area contributed by atoms with Gasteiger partial charge in [-0.05, 0) is 94.4 Å². The van der Waals surface area contributed by atoms with Crippen LogP contribution in [0.1, 0.15) is 99.0 Å². The molecular formula is C40H52O11. The molecular weight excluding hydrogens is 656 g/mol. The monoisotopic (exact) mass is 708 g/mol. The van der Waals surface area contributed by atoms with E-state index in [1.807, 2.05) is 33.8 Å². The Morgan fingerprint density at radius 1 is 0.941 bits per heavy atom. The first kappa shape index (κ1) is 38.4. The number of ketones is 1. The Morgan fingerprint density at radius 2 is 1.65 bits per heavy atom. The van der Waals surface area contributed by atoms with Crippen molar-refractivity contribution in [2.24, 2.45) is 22.7 Å². The summed E-state index contributed by atoms with van der Waals surface area (Å²) in [7, 11) is 1.45. The molecule has 0 spiro atoms. The van der Waals surface area contributed by atoms with E-state index in [1.165, 1.54) is 33.1 Å². The zero-order chi connectivity index (χ0) is 37.7. The van der Waals surface area contributed by atoms with Crippen LogP contribution < -0.4 is 9.47 Å². The predicted octanol–water partition coefficient (Wildman–Crippen LogP) is 5.18. The quantitative estimate of drug-likeness (QED) is 0.134. The highest BCUT2D eigenvalue weighted by Crippen LogP contribution is 2.71. The molecule has 5 rings (SSSR count). The fourth-order valence-electron chi connectivity index (χ4n) is 9.38. The zero-order valence-corrected chi connectivity index (χ0v) is 30.9. The Kier molecular flexibility index (Phi) is 10.3. The molecule has 0 aliphatic heterocycles. The fraction of sp³-hybridized carbons (Fsp3) is 0.600. The van der Waals surface area contributed by atoms with E-state index in [1.54, 1.807) is 31.2 Å². The number of esters is 3. The van der Waals surface area contributed by atoms with Gasteiger partial charge in [-0.3, -0.25) is 9.59 Å². The second-order valence-corrected chi connectivity index (χ2v) is 15.7. The van der Waals surface area contributed by atoms with E-state index in [2.05, 4.69) is 0 Å². The van der Waals surface area contributed by atoms with Crippen LogP contribution in [0, 0.1) is 22.7 Å². The third-order valence-corrected chi connectivity index (χ3v) is 12.8. The van der Waals surface area contributed by atoms with Gasteiger partial charge < -0.3 is 34.3 Å². The highest BCUT2D eigenvalue weighted by Gasteiger charge is 2.81. The Morgan fingerprint density at radius 3 is 2.27 bits per heavy atom. The minimum Gasteiger partial charge on any atom is -0.493 e. The summed E-state index contributed by atoms with van der Waals surface area (Å²) in [5, 5.41) is 37.3. The molecule has 8 atom stereocenters. The smallest absolute Gasteiger partial charge is 0.331 e. The SMILES string of the molecule is COc1cc(/C=C/C(=O)O[C@H]2CC[C@@]3(C)C(=CC[C@]4(O)[C@@H]3C[C@@H](OC(=O)/C=C(\C)C(C)C)[C@@]3(C)[C@]4(O)CC[C@@]3(O)C(C)=O)C2)ccc1OC(C)=O. The molecule has 0 amide bonds. The van der Waals surface area contributed by atoms with Gasteiger partial charge in [-0.1, -0.05) is 44.1 Å². The van der Waals surface area contributed by atoms with Crippen LogP contribution in [-0.4, -0.2) is 75.1 Å². The van der Waals surface area contributed by atoms with Gasteiger partial charge >= 0.3 is 17.9 Å². The van der Waals surface area contributed by atoms with Gasteiger partial charge in [0.25, 0.3) is 0 Å². The molecule has 0 aromatic heterocycles. The number of benzene rings is 1. The van der Waals surface area contributed by atoms with Crippen molar-refractivity contribution in [1.29, 1.82) is 0 Å². The Balaban J connectivity index is 1.39. The number of carbonyl (C=O) groups is 4. The maximum absolute atomic E-state index is 13.3. The van der Waals surface area contributed by atoms with Crippen molar-refractivity contribution in [2.75, 3.05) is 7.11 Å². The lowest BCUT2D eigenvalue weighted by Gasteiger charge is -2.67. The van der Waals surface area contributed by atoms with Crippen LogP contribution in [0.3, 0.4) is 0 Å². The number of Topliss-reactive ketones (excluding diaryl/α,β-unsaturated/α-hetero) is 1. The molecule has 3 fully saturated rings. The van der Waals surface area contributed by atoms with E-state index < -0.39 is 69.5 Å². The minimum atomic E-state index is -2.02. The number of aliphatic hydroxyl groups is 3. The van der Waals surface area contributed by atoms with Crippen molar-refractivity contribution in [3.05, 3.63) is 53.1 Å². The van der Waals surface area contributed by atoms with E-state index in [9.17, 15) is 34.5 Å². The van der Waals surface area contributed by atoms with Crippen molar-refractivity contribution < 1.29 is 53.4 Å². The summed E-state index contributed by atoms with van der Waals surface area (Å²) in [4.78, 5) is 50.7.